The second kappa shape index (κ2) is 47.7. The number of phenols is 1. The molecule has 630 valence electrons. The number of carboxylic acid groups (broad SMARTS) is 2. The quantitative estimate of drug-likeness (QED) is 0.0216. The number of aliphatic hydroxyl groups is 2. The van der Waals surface area contributed by atoms with Gasteiger partial charge in [-0.15, -0.1) is 0 Å². The molecule has 42 heteroatoms. The van der Waals surface area contributed by atoms with Gasteiger partial charge in [0.15, 0.2) is 0 Å². The Balaban J connectivity index is 1.87. The maximum atomic E-state index is 14.7. The van der Waals surface area contributed by atoms with Crippen LogP contribution in [0.3, 0.4) is 0 Å². The maximum absolute atomic E-state index is 14.7. The van der Waals surface area contributed by atoms with Gasteiger partial charge in [-0.05, 0) is 114 Å². The van der Waals surface area contributed by atoms with Gasteiger partial charge >= 0.3 is 11.9 Å². The number of imidazole rings is 1. The van der Waals surface area contributed by atoms with Crippen molar-refractivity contribution in [2.75, 3.05) is 18.8 Å². The van der Waals surface area contributed by atoms with E-state index in [0.29, 0.717) is 24.9 Å². The van der Waals surface area contributed by atoms with Crippen molar-refractivity contribution in [3.05, 3.63) is 48.0 Å². The number of nitrogens with zero attached hydrogens (tertiary/aromatic N) is 2. The van der Waals surface area contributed by atoms with Crippen LogP contribution in [0.4, 0.5) is 0 Å². The van der Waals surface area contributed by atoms with Crippen molar-refractivity contribution < 1.29 is 107 Å². The largest absolute Gasteiger partial charge is 0.508 e. The number of aromatic hydroxyl groups is 1. The second-order valence-electron chi connectivity index (χ2n) is 29.0. The molecule has 1 aromatic heterocycles. The molecule has 1 aromatic carbocycles. The molecule has 1 aliphatic heterocycles. The van der Waals surface area contributed by atoms with Crippen LogP contribution in [0.15, 0.2) is 36.8 Å². The normalized spacial score (nSPS) is 16.6. The van der Waals surface area contributed by atoms with Gasteiger partial charge in [0.1, 0.15) is 84.3 Å². The zero-order chi connectivity index (χ0) is 85.3. The van der Waals surface area contributed by atoms with Crippen molar-refractivity contribution in [1.82, 2.24) is 78.7 Å². The first kappa shape index (κ1) is 96.6. The minimum atomic E-state index is -1.92. The Bertz CT molecular complexity index is 3610. The fourth-order valence-electron chi connectivity index (χ4n) is 11.7. The van der Waals surface area contributed by atoms with E-state index in [-0.39, 0.29) is 68.7 Å². The number of H-pyrrole nitrogens is 1. The number of aromatic nitrogens is 2. The smallest absolute Gasteiger partial charge is 0.325 e. The first-order valence-corrected chi connectivity index (χ1v) is 37.8. The van der Waals surface area contributed by atoms with Gasteiger partial charge in [-0.2, -0.15) is 12.6 Å². The number of carbonyl (C=O) groups is 17. The summed E-state index contributed by atoms with van der Waals surface area (Å²) < 4.78 is 0. The molecule has 15 amide bonds. The summed E-state index contributed by atoms with van der Waals surface area (Å²) in [6.07, 6.45) is -3.54. The number of phenolic OH excluding ortho intramolecular Hbond substituents is 1. The molecule has 0 bridgehead atoms. The molecule has 16 atom stereocenters. The van der Waals surface area contributed by atoms with Crippen LogP contribution in [0.2, 0.25) is 0 Å². The van der Waals surface area contributed by atoms with E-state index in [1.807, 2.05) is 0 Å². The predicted octanol–water partition coefficient (Wildman–Crippen LogP) is -6.28. The minimum Gasteiger partial charge on any atom is -0.508 e. The molecular weight excluding hydrogens is 1500 g/mol. The first-order chi connectivity index (χ1) is 53.0. The number of aliphatic hydroxyl groups excluding tert-OH is 2. The molecule has 0 saturated carbocycles. The van der Waals surface area contributed by atoms with Crippen LogP contribution in [0.5, 0.6) is 5.75 Å². The van der Waals surface area contributed by atoms with E-state index >= 15 is 0 Å². The van der Waals surface area contributed by atoms with Gasteiger partial charge in [0, 0.05) is 49.9 Å². The number of likely N-dealkylation sites (tertiary alicyclic amines) is 1. The van der Waals surface area contributed by atoms with Crippen molar-refractivity contribution in [3.63, 3.8) is 0 Å². The number of nitrogens with one attached hydrogen (secondary N) is 13. The molecule has 2 heterocycles. The van der Waals surface area contributed by atoms with E-state index in [1.54, 1.807) is 27.7 Å². The number of hydrogen-bond acceptors (Lipinski definition) is 24. The van der Waals surface area contributed by atoms with Gasteiger partial charge in [0.05, 0.1) is 31.0 Å². The van der Waals surface area contributed by atoms with E-state index in [9.17, 15) is 107 Å². The highest BCUT2D eigenvalue weighted by Crippen LogP contribution is 2.22. The van der Waals surface area contributed by atoms with E-state index in [2.05, 4.69) is 86.4 Å². The van der Waals surface area contributed by atoms with Crippen LogP contribution in [-0.4, -0.2) is 257 Å². The zero-order valence-corrected chi connectivity index (χ0v) is 65.7. The molecule has 2 aromatic rings. The highest BCUT2D eigenvalue weighted by Gasteiger charge is 2.43. The summed E-state index contributed by atoms with van der Waals surface area (Å²) in [7, 11) is 0. The summed E-state index contributed by atoms with van der Waals surface area (Å²) in [5.74, 6) is -20.2. The van der Waals surface area contributed by atoms with Gasteiger partial charge in [-0.1, -0.05) is 60.1 Å². The minimum absolute atomic E-state index is 0.0341. The summed E-state index contributed by atoms with van der Waals surface area (Å²) in [6.45, 7) is 13.4. The third-order valence-corrected chi connectivity index (χ3v) is 18.3. The number of primary amides is 2. The lowest BCUT2D eigenvalue weighted by Crippen LogP contribution is -2.63. The van der Waals surface area contributed by atoms with Crippen LogP contribution < -0.4 is 86.7 Å². The molecule has 0 radical (unpaired) electrons. The number of aromatic amines is 1. The number of hydrogen-bond donors (Lipinski definition) is 23. The van der Waals surface area contributed by atoms with E-state index in [1.165, 1.54) is 57.6 Å². The Morgan fingerprint density at radius 3 is 1.47 bits per heavy atom. The van der Waals surface area contributed by atoms with Gasteiger partial charge in [0.2, 0.25) is 88.6 Å². The zero-order valence-electron chi connectivity index (χ0n) is 64.8. The van der Waals surface area contributed by atoms with Crippen molar-refractivity contribution in [2.24, 2.45) is 40.7 Å². The molecule has 41 nitrogen and oxygen atoms in total. The van der Waals surface area contributed by atoms with Crippen molar-refractivity contribution in [1.29, 1.82) is 0 Å². The number of carboxylic acids is 2. The van der Waals surface area contributed by atoms with Gasteiger partial charge in [-0.3, -0.25) is 81.5 Å². The molecule has 113 heavy (non-hydrogen) atoms. The van der Waals surface area contributed by atoms with Crippen molar-refractivity contribution in [3.8, 4) is 5.75 Å². The molecule has 0 spiro atoms. The van der Waals surface area contributed by atoms with Crippen LogP contribution in [-0.2, 0) is 94.3 Å². The lowest BCUT2D eigenvalue weighted by molar-refractivity contribution is -0.144. The lowest BCUT2D eigenvalue weighted by atomic mass is 9.99. The number of aliphatic carboxylic acids is 2. The summed E-state index contributed by atoms with van der Waals surface area (Å²) >= 11 is 4.11. The number of rotatable bonds is 50. The Kier molecular flexibility index (Phi) is 40.8. The van der Waals surface area contributed by atoms with Crippen LogP contribution in [0.25, 0.3) is 0 Å². The third-order valence-electron chi connectivity index (χ3n) is 18.0. The van der Waals surface area contributed by atoms with E-state index < -0.39 is 247 Å². The van der Waals surface area contributed by atoms with Gasteiger partial charge in [-0.25, -0.2) is 4.98 Å². The molecule has 3 rings (SSSR count). The topological polar surface area (TPSA) is 672 Å². The number of nitrogens with two attached hydrogens (primary N) is 4. The summed E-state index contributed by atoms with van der Waals surface area (Å²) in [5, 5.41) is 80.0. The standard InChI is InChI=1S/C71H113N19O22S/c1-33(2)25-45(61(101)83-46(26-34(3)4)65(105)89-56(37(8)91)68(108)80-43(19-21-52(74)94)59(99)84-48(28-40-30-76-32-77-40)63(103)86-50(31-113)66(106)78-36(7)71(111)112)82-64(104)49(29-53(75)95)85-67(107)51-14-12-24-90(51)70(110)55(35(5)6)87-69(109)57(38(9)92)88-60(100)44(20-22-54(96)97)79-62(102)47(27-39-15-17-41(93)18-16-39)81-58(98)42(73)13-10-11-23-72/h15-18,30,32-38,42-51,55-57,91-93,113H,10-14,19-29,31,72-73H2,1-9H3,(H2,74,94)(H2,75,95)(H,76,77)(H,78,106)(H,79,102)(H,80,108)(H,81,98)(H,82,104)(H,83,101)(H,84,99)(H,85,107)(H,86,103)(H,87,109)(H,88,100)(H,89,105)(H,96,97)(H,111,112)/t36-,37+,38+,42-,43-,44-,45-,46-,47-,48-,49-,50-,51-,55-,56-,57-/m0/s1. The summed E-state index contributed by atoms with van der Waals surface area (Å²) in [4.78, 5) is 239. The number of benzene rings is 1. The molecule has 1 saturated heterocycles. The van der Waals surface area contributed by atoms with Gasteiger partial charge in [0.25, 0.3) is 0 Å². The number of thiol groups is 1. The SMILES string of the molecule is CC(C)C[C@H](NC(=O)[C@H](CC(N)=O)NC(=O)[C@@H]1CCCN1C(=O)[C@@H](NC(=O)[C@@H](NC(=O)[C@H](CCC(=O)O)NC(=O)[C@H](Cc1ccc(O)cc1)NC(=O)[C@@H](N)CCCCN)[C@@H](C)O)C(C)C)C(=O)N[C@@H](CC(C)C)C(=O)N[C@H](C(=O)N[C@@H](CCC(N)=O)C(=O)N[C@@H](Cc1cnc[nH]1)C(=O)N[C@@H](CS)C(=O)N[C@@H](C)C(=O)O)[C@@H](C)O. The number of amides is 15. The van der Waals surface area contributed by atoms with Crippen LogP contribution in [0, 0.1) is 17.8 Å². The molecule has 1 fully saturated rings. The highest BCUT2D eigenvalue weighted by molar-refractivity contribution is 7.80. The average Bonchev–Trinajstić information content (AvgIpc) is 1.74. The average molecular weight is 1620 g/mol. The number of carbonyl (C=O) groups excluding carboxylic acids is 15. The Labute approximate surface area is 658 Å². The van der Waals surface area contributed by atoms with Crippen molar-refractivity contribution >= 4 is 113 Å². The Morgan fingerprint density at radius 2 is 0.982 bits per heavy atom. The van der Waals surface area contributed by atoms with Crippen molar-refractivity contribution in [2.45, 2.75) is 249 Å². The van der Waals surface area contributed by atoms with E-state index in [0.717, 1.165) is 18.7 Å². The number of unbranched alkanes of at least 4 members (excludes halogenated alkanes) is 1. The Hall–Kier alpha value is -10.6. The fraction of sp³-hybridized carbons (Fsp3) is 0.634. The second-order valence-corrected chi connectivity index (χ2v) is 29.4. The monoisotopic (exact) mass is 1620 g/mol. The first-order valence-electron chi connectivity index (χ1n) is 37.1. The van der Waals surface area contributed by atoms with E-state index in [4.69, 9.17) is 22.9 Å². The maximum Gasteiger partial charge on any atom is 0.325 e. The van der Waals surface area contributed by atoms with Crippen LogP contribution in [0.1, 0.15) is 151 Å². The molecule has 0 aliphatic carbocycles. The fourth-order valence-corrected chi connectivity index (χ4v) is 12.0. The Morgan fingerprint density at radius 1 is 0.531 bits per heavy atom. The molecule has 0 unspecified atom stereocenters. The molecule has 26 N–H and O–H groups in total. The van der Waals surface area contributed by atoms with Gasteiger partial charge < -0.3 is 122 Å². The summed E-state index contributed by atoms with van der Waals surface area (Å²) in [5.41, 5.74) is 23.5. The lowest BCUT2D eigenvalue weighted by Gasteiger charge is -2.33. The highest BCUT2D eigenvalue weighted by atomic mass is 32.1. The third kappa shape index (κ3) is 33.3. The molecular formula is C71H113N19O22S. The van der Waals surface area contributed by atoms with Crippen LogP contribution >= 0.6 is 12.6 Å². The predicted molar refractivity (Wildman–Crippen MR) is 406 cm³/mol. The summed E-state index contributed by atoms with van der Waals surface area (Å²) in [6, 6.07) is -16.4. The molecule has 1 aliphatic rings.